The lowest BCUT2D eigenvalue weighted by Gasteiger charge is -2.08. The van der Waals surface area contributed by atoms with Gasteiger partial charge in [-0.25, -0.2) is 0 Å². The Hall–Kier alpha value is -1.92. The van der Waals surface area contributed by atoms with Crippen LogP contribution in [0.5, 0.6) is 0 Å². The largest absolute Gasteiger partial charge is 0.321 e. The third-order valence-electron chi connectivity index (χ3n) is 2.71. The number of nitro groups is 1. The summed E-state index contributed by atoms with van der Waals surface area (Å²) >= 11 is 9.18. The second-order valence-corrected chi connectivity index (χ2v) is 5.68. The molecule has 0 bridgehead atoms. The van der Waals surface area contributed by atoms with Crippen molar-refractivity contribution in [3.05, 3.63) is 67.1 Å². The fraction of sp³-hybridized carbons (Fsp3) is 0.0714. The molecule has 0 aliphatic heterocycles. The number of rotatable bonds is 3. The predicted octanol–water partition coefficient (Wildman–Crippen LogP) is 4.57. The van der Waals surface area contributed by atoms with Gasteiger partial charge in [0.2, 0.25) is 0 Å². The van der Waals surface area contributed by atoms with Crippen LogP contribution in [0, 0.1) is 17.0 Å². The fourth-order valence-electron chi connectivity index (χ4n) is 1.79. The van der Waals surface area contributed by atoms with Crippen LogP contribution in [-0.4, -0.2) is 10.8 Å². The maximum absolute atomic E-state index is 12.2. The molecule has 108 valence electrons. The number of hydrogen-bond donors (Lipinski definition) is 1. The monoisotopic (exact) mass is 368 g/mol. The Morgan fingerprint density at radius 3 is 2.67 bits per heavy atom. The van der Waals surface area contributed by atoms with Crippen molar-refractivity contribution in [2.24, 2.45) is 0 Å². The van der Waals surface area contributed by atoms with E-state index in [1.807, 2.05) is 0 Å². The first-order valence-electron chi connectivity index (χ1n) is 5.89. The number of non-ortho nitro benzene ring substituents is 1. The van der Waals surface area contributed by atoms with Crippen LogP contribution >= 0.6 is 27.5 Å². The summed E-state index contributed by atoms with van der Waals surface area (Å²) in [5.74, 6) is -0.440. The second kappa shape index (κ2) is 6.24. The summed E-state index contributed by atoms with van der Waals surface area (Å²) in [6.07, 6.45) is 0. The van der Waals surface area contributed by atoms with Crippen molar-refractivity contribution < 1.29 is 9.72 Å². The standard InChI is InChI=1S/C14H10BrClN2O3/c1-8-4-9(6-11(5-8)18(20)21)14(19)17-13-7-10(16)2-3-12(13)15/h2-7H,1H3,(H,17,19). The first-order valence-corrected chi connectivity index (χ1v) is 7.06. The van der Waals surface area contributed by atoms with Gasteiger partial charge in [-0.1, -0.05) is 11.6 Å². The molecule has 0 radical (unpaired) electrons. The summed E-state index contributed by atoms with van der Waals surface area (Å²) < 4.78 is 0.669. The molecule has 2 aromatic carbocycles. The number of anilines is 1. The molecule has 0 unspecified atom stereocenters. The van der Waals surface area contributed by atoms with Gasteiger partial charge in [0.25, 0.3) is 11.6 Å². The van der Waals surface area contributed by atoms with E-state index in [1.165, 1.54) is 12.1 Å². The Balaban J connectivity index is 2.32. The number of halogens is 2. The maximum atomic E-state index is 12.2. The second-order valence-electron chi connectivity index (χ2n) is 4.39. The number of hydrogen-bond acceptors (Lipinski definition) is 3. The Labute approximate surface area is 134 Å². The summed E-state index contributed by atoms with van der Waals surface area (Å²) in [6.45, 7) is 1.69. The molecule has 0 saturated carbocycles. The first-order chi connectivity index (χ1) is 9.86. The summed E-state index contributed by atoms with van der Waals surface area (Å²) in [6, 6.07) is 9.21. The Morgan fingerprint density at radius 2 is 2.00 bits per heavy atom. The number of carbonyl (C=O) groups is 1. The highest BCUT2D eigenvalue weighted by atomic mass is 79.9. The highest BCUT2D eigenvalue weighted by Crippen LogP contribution is 2.27. The van der Waals surface area contributed by atoms with Crippen molar-refractivity contribution in [3.63, 3.8) is 0 Å². The van der Waals surface area contributed by atoms with E-state index in [9.17, 15) is 14.9 Å². The summed E-state index contributed by atoms with van der Waals surface area (Å²) in [5, 5.41) is 14.0. The normalized spacial score (nSPS) is 10.2. The average molecular weight is 370 g/mol. The van der Waals surface area contributed by atoms with E-state index < -0.39 is 10.8 Å². The van der Waals surface area contributed by atoms with E-state index in [0.717, 1.165) is 0 Å². The Bertz CT molecular complexity index is 734. The molecule has 0 aromatic heterocycles. The molecule has 0 fully saturated rings. The number of nitrogens with zero attached hydrogens (tertiary/aromatic N) is 1. The fourth-order valence-corrected chi connectivity index (χ4v) is 2.30. The quantitative estimate of drug-likeness (QED) is 0.636. The number of amides is 1. The van der Waals surface area contributed by atoms with Gasteiger partial charge in [-0.15, -0.1) is 0 Å². The van der Waals surface area contributed by atoms with E-state index in [-0.39, 0.29) is 11.3 Å². The van der Waals surface area contributed by atoms with E-state index in [4.69, 9.17) is 11.6 Å². The van der Waals surface area contributed by atoms with Gasteiger partial charge >= 0.3 is 0 Å². The molecule has 1 amide bonds. The maximum Gasteiger partial charge on any atom is 0.270 e. The summed E-state index contributed by atoms with van der Waals surface area (Å²) in [4.78, 5) is 22.5. The van der Waals surface area contributed by atoms with Crippen LogP contribution in [0.1, 0.15) is 15.9 Å². The molecule has 0 atom stereocenters. The third-order valence-corrected chi connectivity index (χ3v) is 3.64. The van der Waals surface area contributed by atoms with E-state index in [2.05, 4.69) is 21.2 Å². The minimum absolute atomic E-state index is 0.120. The lowest BCUT2D eigenvalue weighted by molar-refractivity contribution is -0.384. The minimum Gasteiger partial charge on any atom is -0.321 e. The average Bonchev–Trinajstić information content (AvgIpc) is 2.42. The molecule has 5 nitrogen and oxygen atoms in total. The van der Waals surface area contributed by atoms with Gasteiger partial charge in [0, 0.05) is 27.2 Å². The molecule has 2 aromatic rings. The van der Waals surface area contributed by atoms with Gasteiger partial charge in [-0.3, -0.25) is 14.9 Å². The molecule has 0 saturated heterocycles. The predicted molar refractivity (Wildman–Crippen MR) is 84.9 cm³/mol. The molecule has 0 spiro atoms. The number of benzene rings is 2. The molecule has 0 heterocycles. The lowest BCUT2D eigenvalue weighted by atomic mass is 10.1. The molecular formula is C14H10BrClN2O3. The van der Waals surface area contributed by atoms with Crippen molar-refractivity contribution in [2.75, 3.05) is 5.32 Å². The molecule has 0 aliphatic carbocycles. The Kier molecular flexibility index (Phi) is 4.59. The van der Waals surface area contributed by atoms with Crippen molar-refractivity contribution in [1.29, 1.82) is 0 Å². The Morgan fingerprint density at radius 1 is 1.29 bits per heavy atom. The highest BCUT2D eigenvalue weighted by molar-refractivity contribution is 9.10. The molecular weight excluding hydrogens is 360 g/mol. The summed E-state index contributed by atoms with van der Waals surface area (Å²) in [7, 11) is 0. The summed E-state index contributed by atoms with van der Waals surface area (Å²) in [5.41, 5.74) is 1.23. The highest BCUT2D eigenvalue weighted by Gasteiger charge is 2.14. The van der Waals surface area contributed by atoms with Gasteiger partial charge in [-0.2, -0.15) is 0 Å². The first kappa shape index (κ1) is 15.5. The van der Waals surface area contributed by atoms with Crippen LogP contribution in [0.3, 0.4) is 0 Å². The molecule has 2 rings (SSSR count). The van der Waals surface area contributed by atoms with Gasteiger partial charge in [0.05, 0.1) is 10.6 Å². The zero-order valence-electron chi connectivity index (χ0n) is 10.9. The molecule has 0 aliphatic rings. The topological polar surface area (TPSA) is 72.2 Å². The van der Waals surface area contributed by atoms with Crippen LogP contribution in [0.4, 0.5) is 11.4 Å². The van der Waals surface area contributed by atoms with Gasteiger partial charge in [0.1, 0.15) is 0 Å². The minimum atomic E-state index is -0.529. The van der Waals surface area contributed by atoms with E-state index in [0.29, 0.717) is 20.7 Å². The molecule has 7 heteroatoms. The SMILES string of the molecule is Cc1cc(C(=O)Nc2cc(Cl)ccc2Br)cc([N+](=O)[O-])c1. The lowest BCUT2D eigenvalue weighted by Crippen LogP contribution is -2.13. The number of aryl methyl sites for hydroxylation is 1. The van der Waals surface area contributed by atoms with Crippen molar-refractivity contribution in [2.45, 2.75) is 6.92 Å². The molecule has 21 heavy (non-hydrogen) atoms. The number of nitro benzene ring substituents is 1. The van der Waals surface area contributed by atoms with Crippen molar-refractivity contribution in [3.8, 4) is 0 Å². The smallest absolute Gasteiger partial charge is 0.270 e. The van der Waals surface area contributed by atoms with Crippen LogP contribution in [0.25, 0.3) is 0 Å². The van der Waals surface area contributed by atoms with E-state index >= 15 is 0 Å². The van der Waals surface area contributed by atoms with Crippen LogP contribution in [-0.2, 0) is 0 Å². The van der Waals surface area contributed by atoms with Gasteiger partial charge in [0.15, 0.2) is 0 Å². The van der Waals surface area contributed by atoms with Gasteiger partial charge < -0.3 is 5.32 Å². The van der Waals surface area contributed by atoms with Crippen molar-refractivity contribution in [1.82, 2.24) is 0 Å². The van der Waals surface area contributed by atoms with Crippen LogP contribution < -0.4 is 5.32 Å². The van der Waals surface area contributed by atoms with Crippen LogP contribution in [0.2, 0.25) is 5.02 Å². The zero-order chi connectivity index (χ0) is 15.6. The zero-order valence-corrected chi connectivity index (χ0v) is 13.2. The third kappa shape index (κ3) is 3.80. The number of carbonyl (C=O) groups excluding carboxylic acids is 1. The van der Waals surface area contributed by atoms with Gasteiger partial charge in [-0.05, 0) is 52.7 Å². The van der Waals surface area contributed by atoms with Crippen molar-refractivity contribution >= 4 is 44.8 Å². The molecule has 1 N–H and O–H groups in total. The van der Waals surface area contributed by atoms with Crippen LogP contribution in [0.15, 0.2) is 40.9 Å². The number of nitrogens with one attached hydrogen (secondary N) is 1. The van der Waals surface area contributed by atoms with E-state index in [1.54, 1.807) is 31.2 Å².